The van der Waals surface area contributed by atoms with Gasteiger partial charge in [0.25, 0.3) is 0 Å². The lowest BCUT2D eigenvalue weighted by Gasteiger charge is -2.06. The third kappa shape index (κ3) is 2.11. The molecular formula is C8H5F2NO5. The number of hydrogen-bond acceptors (Lipinski definition) is 4. The van der Waals surface area contributed by atoms with Crippen molar-refractivity contribution < 1.29 is 28.7 Å². The summed E-state index contributed by atoms with van der Waals surface area (Å²) < 4.78 is 26.0. The molecule has 0 fully saturated rings. The monoisotopic (exact) mass is 233 g/mol. The number of rotatable bonds is 3. The summed E-state index contributed by atoms with van der Waals surface area (Å²) in [5.41, 5.74) is -1.99. The molecule has 0 aliphatic carbocycles. The van der Waals surface area contributed by atoms with Crippen LogP contribution in [0.4, 0.5) is 14.5 Å². The van der Waals surface area contributed by atoms with E-state index in [9.17, 15) is 23.7 Å². The summed E-state index contributed by atoms with van der Waals surface area (Å²) in [4.78, 5) is 19.2. The third-order valence-corrected chi connectivity index (χ3v) is 1.77. The lowest BCUT2D eigenvalue weighted by atomic mass is 10.1. The third-order valence-electron chi connectivity index (χ3n) is 1.77. The Hall–Kier alpha value is -2.09. The van der Waals surface area contributed by atoms with Crippen LogP contribution in [-0.4, -0.2) is 21.1 Å². The molecule has 0 bridgehead atoms. The Labute approximate surface area is 86.9 Å². The molecule has 1 rings (SSSR count). The summed E-state index contributed by atoms with van der Waals surface area (Å²) in [5, 5.41) is 27.5. The topological polar surface area (TPSA) is 101 Å². The van der Waals surface area contributed by atoms with E-state index in [4.69, 9.17) is 10.2 Å². The molecule has 0 spiro atoms. The summed E-state index contributed by atoms with van der Waals surface area (Å²) in [6.45, 7) is 0. The quantitative estimate of drug-likeness (QED) is 0.598. The maximum absolute atomic E-state index is 13.0. The molecule has 0 aliphatic heterocycles. The number of nitrogens with zero attached hydrogens (tertiary/aromatic N) is 1. The number of nitro groups is 1. The Morgan fingerprint density at radius 2 is 1.81 bits per heavy atom. The normalized spacial score (nSPS) is 12.2. The van der Waals surface area contributed by atoms with E-state index >= 15 is 0 Å². The largest absolute Gasteiger partial charge is 0.479 e. The molecular weight excluding hydrogens is 228 g/mol. The number of aliphatic carboxylic acids is 1. The predicted octanol–water partition coefficient (Wildman–Crippen LogP) is 0.991. The van der Waals surface area contributed by atoms with Crippen LogP contribution < -0.4 is 0 Å². The Bertz CT molecular complexity index is 439. The molecule has 1 unspecified atom stereocenters. The fourth-order valence-corrected chi connectivity index (χ4v) is 1.06. The smallest absolute Gasteiger partial charge is 0.340 e. The molecule has 1 aromatic carbocycles. The lowest BCUT2D eigenvalue weighted by Crippen LogP contribution is -2.11. The molecule has 6 nitrogen and oxygen atoms in total. The molecule has 0 radical (unpaired) electrons. The van der Waals surface area contributed by atoms with E-state index in [1.54, 1.807) is 0 Å². The molecule has 0 amide bonds. The van der Waals surface area contributed by atoms with Gasteiger partial charge in [-0.3, -0.25) is 10.1 Å². The highest BCUT2D eigenvalue weighted by molar-refractivity contribution is 5.74. The maximum atomic E-state index is 13.0. The van der Waals surface area contributed by atoms with Gasteiger partial charge in [-0.05, 0) is 17.7 Å². The van der Waals surface area contributed by atoms with Crippen LogP contribution in [0.2, 0.25) is 0 Å². The number of aliphatic hydroxyl groups excluding tert-OH is 1. The van der Waals surface area contributed by atoms with Crippen LogP contribution in [0, 0.1) is 21.7 Å². The molecule has 2 N–H and O–H groups in total. The minimum Gasteiger partial charge on any atom is -0.479 e. The first-order valence-electron chi connectivity index (χ1n) is 3.88. The first-order chi connectivity index (χ1) is 7.34. The highest BCUT2D eigenvalue weighted by atomic mass is 19.1. The standard InChI is InChI=1S/C8H5F2NO5/c9-4-1-3(7(12)8(13)14)2-5(10)6(4)11(15)16/h1-2,7,12H,(H,13,14). The number of nitro benzene ring substituents is 1. The molecule has 0 aliphatic rings. The highest BCUT2D eigenvalue weighted by Gasteiger charge is 2.26. The number of hydrogen-bond donors (Lipinski definition) is 2. The van der Waals surface area contributed by atoms with Gasteiger partial charge in [-0.25, -0.2) is 4.79 Å². The zero-order chi connectivity index (χ0) is 12.5. The van der Waals surface area contributed by atoms with Gasteiger partial charge in [0, 0.05) is 0 Å². The van der Waals surface area contributed by atoms with Gasteiger partial charge in [0.2, 0.25) is 11.6 Å². The van der Waals surface area contributed by atoms with E-state index < -0.39 is 39.9 Å². The lowest BCUT2D eigenvalue weighted by molar-refractivity contribution is -0.390. The minimum absolute atomic E-state index is 0.403. The van der Waals surface area contributed by atoms with Crippen LogP contribution >= 0.6 is 0 Å². The number of carboxylic acid groups (broad SMARTS) is 1. The van der Waals surface area contributed by atoms with Crippen molar-refractivity contribution in [1.82, 2.24) is 0 Å². The average Bonchev–Trinajstić information content (AvgIpc) is 2.14. The number of halogens is 2. The van der Waals surface area contributed by atoms with Crippen LogP contribution in [0.1, 0.15) is 11.7 Å². The summed E-state index contributed by atoms with van der Waals surface area (Å²) >= 11 is 0. The Morgan fingerprint density at radius 1 is 1.38 bits per heavy atom. The van der Waals surface area contributed by atoms with Crippen molar-refractivity contribution in [2.45, 2.75) is 6.10 Å². The molecule has 0 saturated heterocycles. The molecule has 8 heteroatoms. The van der Waals surface area contributed by atoms with Crippen LogP contribution in [0.15, 0.2) is 12.1 Å². The van der Waals surface area contributed by atoms with Crippen molar-refractivity contribution in [2.75, 3.05) is 0 Å². The van der Waals surface area contributed by atoms with E-state index in [0.29, 0.717) is 12.1 Å². The van der Waals surface area contributed by atoms with Crippen LogP contribution in [0.25, 0.3) is 0 Å². The van der Waals surface area contributed by atoms with E-state index in [2.05, 4.69) is 0 Å². The average molecular weight is 233 g/mol. The fourth-order valence-electron chi connectivity index (χ4n) is 1.06. The second-order valence-corrected chi connectivity index (χ2v) is 2.83. The van der Waals surface area contributed by atoms with Gasteiger partial charge < -0.3 is 10.2 Å². The second kappa shape index (κ2) is 4.19. The van der Waals surface area contributed by atoms with E-state index in [-0.39, 0.29) is 0 Å². The zero-order valence-electron chi connectivity index (χ0n) is 7.55. The second-order valence-electron chi connectivity index (χ2n) is 2.83. The van der Waals surface area contributed by atoms with Gasteiger partial charge in [0.1, 0.15) is 0 Å². The molecule has 0 saturated carbocycles. The molecule has 0 heterocycles. The fraction of sp³-hybridized carbons (Fsp3) is 0.125. The summed E-state index contributed by atoms with van der Waals surface area (Å²) in [7, 11) is 0. The maximum Gasteiger partial charge on any atom is 0.340 e. The first kappa shape index (κ1) is 12.0. The van der Waals surface area contributed by atoms with Crippen molar-refractivity contribution in [2.24, 2.45) is 0 Å². The Balaban J connectivity index is 3.30. The molecule has 0 aromatic heterocycles. The number of aliphatic hydroxyl groups is 1. The Kier molecular flexibility index (Phi) is 3.14. The van der Waals surface area contributed by atoms with Gasteiger partial charge in [0.15, 0.2) is 6.10 Å². The summed E-state index contributed by atoms with van der Waals surface area (Å²) in [6.07, 6.45) is -2.13. The molecule has 1 aromatic rings. The zero-order valence-corrected chi connectivity index (χ0v) is 7.55. The van der Waals surface area contributed by atoms with Gasteiger partial charge in [-0.1, -0.05) is 0 Å². The predicted molar refractivity (Wildman–Crippen MR) is 45.6 cm³/mol. The van der Waals surface area contributed by atoms with Crippen molar-refractivity contribution in [3.8, 4) is 0 Å². The van der Waals surface area contributed by atoms with Crippen molar-refractivity contribution in [1.29, 1.82) is 0 Å². The highest BCUT2D eigenvalue weighted by Crippen LogP contribution is 2.25. The molecule has 16 heavy (non-hydrogen) atoms. The van der Waals surface area contributed by atoms with Crippen molar-refractivity contribution in [3.05, 3.63) is 39.4 Å². The van der Waals surface area contributed by atoms with E-state index in [0.717, 1.165) is 0 Å². The van der Waals surface area contributed by atoms with Gasteiger partial charge in [-0.15, -0.1) is 0 Å². The number of carboxylic acids is 1. The summed E-state index contributed by atoms with van der Waals surface area (Å²) in [6, 6.07) is 0.806. The van der Waals surface area contributed by atoms with Crippen molar-refractivity contribution >= 4 is 11.7 Å². The molecule has 86 valence electrons. The summed E-state index contributed by atoms with van der Waals surface area (Å²) in [5.74, 6) is -4.80. The molecule has 1 atom stereocenters. The van der Waals surface area contributed by atoms with E-state index in [1.165, 1.54) is 0 Å². The van der Waals surface area contributed by atoms with Crippen LogP contribution in [0.5, 0.6) is 0 Å². The number of carbonyl (C=O) groups is 1. The first-order valence-corrected chi connectivity index (χ1v) is 3.88. The van der Waals surface area contributed by atoms with Crippen LogP contribution in [0.3, 0.4) is 0 Å². The van der Waals surface area contributed by atoms with E-state index in [1.807, 2.05) is 0 Å². The minimum atomic E-state index is -2.13. The van der Waals surface area contributed by atoms with Crippen molar-refractivity contribution in [3.63, 3.8) is 0 Å². The van der Waals surface area contributed by atoms with Crippen LogP contribution in [-0.2, 0) is 4.79 Å². The van der Waals surface area contributed by atoms with Gasteiger partial charge in [-0.2, -0.15) is 8.78 Å². The van der Waals surface area contributed by atoms with Gasteiger partial charge in [0.05, 0.1) is 4.92 Å². The SMILES string of the molecule is O=C(O)C(O)c1cc(F)c([N+](=O)[O-])c(F)c1. The Morgan fingerprint density at radius 3 is 2.12 bits per heavy atom. The number of benzene rings is 1. The van der Waals surface area contributed by atoms with Gasteiger partial charge >= 0.3 is 11.7 Å².